The maximum atomic E-state index is 14.3. The van der Waals surface area contributed by atoms with Gasteiger partial charge in [0.2, 0.25) is 5.88 Å². The van der Waals surface area contributed by atoms with Gasteiger partial charge < -0.3 is 5.11 Å². The van der Waals surface area contributed by atoms with Crippen LogP contribution in [-0.2, 0) is 35.6 Å². The van der Waals surface area contributed by atoms with Crippen LogP contribution >= 0.6 is 0 Å². The second-order valence-electron chi connectivity index (χ2n) is 7.38. The first-order valence-corrected chi connectivity index (χ1v) is 9.35. The number of hydrogen-bond acceptors (Lipinski definition) is 3. The molecule has 4 nitrogen and oxygen atoms in total. The molecule has 2 aromatic carbocycles. The second-order valence-corrected chi connectivity index (χ2v) is 7.38. The zero-order valence-electron chi connectivity index (χ0n) is 18.1. The number of alkyl halides is 9. The predicted octanol–water partition coefficient (Wildman–Crippen LogP) is 6.87. The summed E-state index contributed by atoms with van der Waals surface area (Å²) in [5, 5.41) is 13.3. The molecule has 1 aromatic heterocycles. The van der Waals surface area contributed by atoms with Crippen LogP contribution in [0.15, 0.2) is 12.1 Å². The van der Waals surface area contributed by atoms with Crippen LogP contribution in [0.5, 0.6) is 5.88 Å². The maximum Gasteiger partial charge on any atom is 0.422 e. The van der Waals surface area contributed by atoms with Crippen LogP contribution in [0, 0.1) is 36.0 Å². The third-order valence-corrected chi connectivity index (χ3v) is 4.94. The minimum Gasteiger partial charge on any atom is -0.493 e. The van der Waals surface area contributed by atoms with E-state index in [1.165, 1.54) is 0 Å². The van der Waals surface area contributed by atoms with E-state index in [2.05, 4.69) is 5.10 Å². The molecule has 0 aliphatic carbocycles. The van der Waals surface area contributed by atoms with Crippen molar-refractivity contribution < 1.29 is 88.4 Å². The van der Waals surface area contributed by atoms with Crippen LogP contribution in [0.3, 0.4) is 0 Å². The summed E-state index contributed by atoms with van der Waals surface area (Å²) < 4.78 is 187. The number of carbonyl (C=O) groups excluding carboxylic acids is 1. The molecule has 39 heavy (non-hydrogen) atoms. The Kier molecular flexibility index (Phi) is 8.17. The van der Waals surface area contributed by atoms with Gasteiger partial charge in [-0.3, -0.25) is 4.79 Å². The van der Waals surface area contributed by atoms with Gasteiger partial charge in [-0.25, -0.2) is 22.0 Å². The fourth-order valence-electron chi connectivity index (χ4n) is 3.30. The fraction of sp³-hybridized carbons (Fsp3) is 0.200. The first kappa shape index (κ1) is 31.9. The molecule has 0 aliphatic rings. The van der Waals surface area contributed by atoms with Crippen molar-refractivity contribution in [3.05, 3.63) is 74.7 Å². The van der Waals surface area contributed by atoms with Crippen molar-refractivity contribution in [3.8, 4) is 11.6 Å². The number of halogens is 14. The van der Waals surface area contributed by atoms with Crippen molar-refractivity contribution in [2.75, 3.05) is 0 Å². The number of benzene rings is 2. The molecule has 1 N–H and O–H groups in total. The summed E-state index contributed by atoms with van der Waals surface area (Å²) >= 11 is 0. The molecule has 0 aliphatic heterocycles. The fourth-order valence-corrected chi connectivity index (χ4v) is 3.30. The molecule has 0 saturated carbocycles. The average Bonchev–Trinajstić information content (AvgIpc) is 3.03. The van der Waals surface area contributed by atoms with E-state index in [9.17, 15) is 71.4 Å². The zero-order valence-corrected chi connectivity index (χ0v) is 19.3. The Hall–Kier alpha value is -3.34. The van der Waals surface area contributed by atoms with Gasteiger partial charge in [0, 0.05) is 22.6 Å². The predicted molar refractivity (Wildman–Crippen MR) is 94.6 cm³/mol. The Morgan fingerprint density at radius 1 is 0.744 bits per heavy atom. The van der Waals surface area contributed by atoms with Crippen LogP contribution in [0.1, 0.15) is 38.3 Å². The number of nitrogens with zero attached hydrogens (tertiary/aromatic N) is 2. The zero-order chi connectivity index (χ0) is 29.3. The molecular weight excluding hydrogens is 621 g/mol. The van der Waals surface area contributed by atoms with Gasteiger partial charge in [-0.1, -0.05) is 0 Å². The molecule has 1 radical (unpaired) electrons. The molecule has 3 rings (SSSR count). The van der Waals surface area contributed by atoms with Gasteiger partial charge in [0.1, 0.15) is 22.6 Å². The quantitative estimate of drug-likeness (QED) is 0.149. The van der Waals surface area contributed by atoms with E-state index in [4.69, 9.17) is 0 Å². The number of rotatable bonds is 3. The topological polar surface area (TPSA) is 55.1 Å². The second kappa shape index (κ2) is 10.0. The summed E-state index contributed by atoms with van der Waals surface area (Å²) in [5.41, 5.74) is -14.2. The van der Waals surface area contributed by atoms with Crippen LogP contribution in [0.25, 0.3) is 5.69 Å². The smallest absolute Gasteiger partial charge is 0.422 e. The van der Waals surface area contributed by atoms with Crippen molar-refractivity contribution in [1.82, 2.24) is 9.78 Å². The first-order chi connectivity index (χ1) is 17.1. The summed E-state index contributed by atoms with van der Waals surface area (Å²) in [6.45, 7) is 0.676. The van der Waals surface area contributed by atoms with Crippen LogP contribution in [0.4, 0.5) is 61.5 Å². The third-order valence-electron chi connectivity index (χ3n) is 4.94. The van der Waals surface area contributed by atoms with Gasteiger partial charge in [0.05, 0.1) is 16.8 Å². The Labute approximate surface area is 216 Å². The minimum atomic E-state index is -5.95. The standard InChI is InChI=1S/C20H6F14N2O2.Mn/c1-4-8(16(37)5-2-6(18(26,27)28)10(21)7(3-5)19(29,30)31)17(38)36(35-4)15-13(24)11(22)9(20(32,33)34)12(23)14(15)25;/h2-3,38H,1H3;. The molecule has 0 spiro atoms. The van der Waals surface area contributed by atoms with Crippen LogP contribution < -0.4 is 0 Å². The maximum absolute atomic E-state index is 14.3. The molecule has 0 amide bonds. The number of hydrogen-bond donors (Lipinski definition) is 1. The van der Waals surface area contributed by atoms with Gasteiger partial charge in [0.25, 0.3) is 0 Å². The molecule has 0 atom stereocenters. The molecule has 0 saturated heterocycles. The summed E-state index contributed by atoms with van der Waals surface area (Å²) in [4.78, 5) is 12.7. The molecule has 1 heterocycles. The number of carbonyl (C=O) groups is 1. The van der Waals surface area contributed by atoms with Gasteiger partial charge in [0.15, 0.2) is 29.1 Å². The number of ketones is 1. The number of aromatic hydroxyl groups is 1. The van der Waals surface area contributed by atoms with Crippen LogP contribution in [-0.4, -0.2) is 20.7 Å². The molecule has 3 aromatic rings. The van der Waals surface area contributed by atoms with E-state index in [0.717, 1.165) is 0 Å². The van der Waals surface area contributed by atoms with Crippen molar-refractivity contribution >= 4 is 5.78 Å². The summed E-state index contributed by atoms with van der Waals surface area (Å²) in [6.07, 6.45) is -17.5. The van der Waals surface area contributed by atoms with E-state index in [1.54, 1.807) is 0 Å². The Morgan fingerprint density at radius 3 is 1.51 bits per heavy atom. The molecule has 0 fully saturated rings. The normalized spacial score (nSPS) is 12.5. The largest absolute Gasteiger partial charge is 0.493 e. The van der Waals surface area contributed by atoms with Crippen molar-refractivity contribution in [2.24, 2.45) is 0 Å². The van der Waals surface area contributed by atoms with Gasteiger partial charge in [-0.15, -0.1) is 0 Å². The summed E-state index contributed by atoms with van der Waals surface area (Å²) in [7, 11) is 0. The SMILES string of the molecule is Cc1nn(-c2c(F)c(F)c(C(F)(F)F)c(F)c2F)c(O)c1C(=O)c1cc(C(F)(F)F)c(F)c(C(F)(F)F)c1.[Mn]. The van der Waals surface area contributed by atoms with E-state index >= 15 is 0 Å². The molecular formula is C20H6F14MnN2O2. The van der Waals surface area contributed by atoms with E-state index in [0.29, 0.717) is 6.92 Å². The Balaban J connectivity index is 0.00000533. The minimum absolute atomic E-state index is 0. The van der Waals surface area contributed by atoms with Gasteiger partial charge >= 0.3 is 18.5 Å². The Bertz CT molecular complexity index is 1410. The van der Waals surface area contributed by atoms with Crippen molar-refractivity contribution in [3.63, 3.8) is 0 Å². The van der Waals surface area contributed by atoms with Crippen molar-refractivity contribution in [1.29, 1.82) is 0 Å². The molecule has 19 heteroatoms. The summed E-state index contributed by atoms with van der Waals surface area (Å²) in [5.74, 6) is -18.2. The van der Waals surface area contributed by atoms with E-state index < -0.39 is 103 Å². The molecule has 0 unspecified atom stereocenters. The molecule has 0 bridgehead atoms. The van der Waals surface area contributed by atoms with E-state index in [1.807, 2.05) is 0 Å². The van der Waals surface area contributed by atoms with E-state index in [-0.39, 0.29) is 29.2 Å². The summed E-state index contributed by atoms with van der Waals surface area (Å²) in [6, 6.07) is -0.774. The third kappa shape index (κ3) is 5.41. The average molecular weight is 627 g/mol. The monoisotopic (exact) mass is 627 g/mol. The molecule has 213 valence electrons. The number of aromatic nitrogens is 2. The Morgan fingerprint density at radius 2 is 1.15 bits per heavy atom. The first-order valence-electron chi connectivity index (χ1n) is 9.35. The van der Waals surface area contributed by atoms with Crippen molar-refractivity contribution in [2.45, 2.75) is 25.5 Å². The van der Waals surface area contributed by atoms with Gasteiger partial charge in [-0.05, 0) is 19.1 Å². The van der Waals surface area contributed by atoms with Gasteiger partial charge in [-0.2, -0.15) is 49.3 Å². The van der Waals surface area contributed by atoms with Crippen LogP contribution in [0.2, 0.25) is 0 Å². The number of aryl methyl sites for hydroxylation is 1.